The predicted molar refractivity (Wildman–Crippen MR) is 91.0 cm³/mol. The van der Waals surface area contributed by atoms with E-state index in [1.165, 1.54) is 18.2 Å². The van der Waals surface area contributed by atoms with Gasteiger partial charge in [0.15, 0.2) is 0 Å². The molecular weight excluding hydrogens is 362 g/mol. The van der Waals surface area contributed by atoms with Crippen LogP contribution in [-0.4, -0.2) is 23.1 Å². The van der Waals surface area contributed by atoms with Crippen molar-refractivity contribution in [3.8, 4) is 0 Å². The summed E-state index contributed by atoms with van der Waals surface area (Å²) in [5, 5.41) is 8.39. The van der Waals surface area contributed by atoms with Crippen LogP contribution in [0.25, 0.3) is 0 Å². The largest absolute Gasteiger partial charge is 0.353 e. The average molecular weight is 376 g/mol. The number of hydrogen-bond donors (Lipinski definition) is 3. The Morgan fingerprint density at radius 1 is 0.957 bits per heavy atom. The lowest BCUT2D eigenvalue weighted by atomic mass is 10.2. The summed E-state index contributed by atoms with van der Waals surface area (Å²) in [7, 11) is -7.49. The van der Waals surface area contributed by atoms with Gasteiger partial charge in [0.05, 0.1) is 33.2 Å². The molecule has 0 unspecified atom stereocenters. The minimum absolute atomic E-state index is 0.161. The molecule has 0 saturated carbocycles. The number of hydrogen-bond acceptors (Lipinski definition) is 5. The van der Waals surface area contributed by atoms with Crippen molar-refractivity contribution in [1.82, 2.24) is 0 Å². The summed E-state index contributed by atoms with van der Waals surface area (Å²) in [6, 6.07) is 10.5. The molecule has 0 atom stereocenters. The highest BCUT2D eigenvalue weighted by molar-refractivity contribution is 7.92. The second-order valence-electron chi connectivity index (χ2n) is 4.73. The molecule has 4 N–H and O–H groups in total. The lowest BCUT2D eigenvalue weighted by molar-refractivity contribution is 0.597. The molecule has 0 bridgehead atoms. The van der Waals surface area contributed by atoms with Crippen LogP contribution < -0.4 is 15.2 Å². The normalized spacial score (nSPS) is 12.0. The fourth-order valence-corrected chi connectivity index (χ4v) is 3.10. The minimum atomic E-state index is -3.94. The van der Waals surface area contributed by atoms with Gasteiger partial charge in [0.2, 0.25) is 20.0 Å². The Hall–Kier alpha value is -1.81. The Bertz CT molecular complexity index is 943. The molecule has 0 saturated heterocycles. The number of halogens is 1. The first kappa shape index (κ1) is 17.5. The fraction of sp³-hybridized carbons (Fsp3) is 0.0769. The molecule has 2 aromatic rings. The van der Waals surface area contributed by atoms with Crippen LogP contribution in [0.3, 0.4) is 0 Å². The summed E-state index contributed by atoms with van der Waals surface area (Å²) in [6.07, 6.45) is 0.986. The minimum Gasteiger partial charge on any atom is -0.353 e. The zero-order valence-electron chi connectivity index (χ0n) is 11.9. The van der Waals surface area contributed by atoms with Gasteiger partial charge in [-0.1, -0.05) is 23.7 Å². The maximum absolute atomic E-state index is 11.5. The quantitative estimate of drug-likeness (QED) is 0.739. The van der Waals surface area contributed by atoms with Gasteiger partial charge in [-0.15, -0.1) is 0 Å². The van der Waals surface area contributed by atoms with Crippen LogP contribution in [0.5, 0.6) is 0 Å². The summed E-state index contributed by atoms with van der Waals surface area (Å²) in [4.78, 5) is -0.161. The summed E-state index contributed by atoms with van der Waals surface area (Å²) >= 11 is 6.05. The SMILES string of the molecule is CS(=O)(=O)Nc1ccc(S(N)(=O)=O)cc1Nc1ccccc1Cl. The summed E-state index contributed by atoms with van der Waals surface area (Å²) in [5.74, 6) is 0. The Kier molecular flexibility index (Phi) is 4.85. The number of sulfonamides is 2. The first-order valence-electron chi connectivity index (χ1n) is 6.22. The van der Waals surface area contributed by atoms with Gasteiger partial charge in [0, 0.05) is 0 Å². The van der Waals surface area contributed by atoms with E-state index < -0.39 is 20.0 Å². The van der Waals surface area contributed by atoms with Crippen molar-refractivity contribution in [2.45, 2.75) is 4.90 Å². The molecule has 0 aliphatic heterocycles. The predicted octanol–water partition coefficient (Wildman–Crippen LogP) is 2.10. The molecule has 0 aliphatic carbocycles. The Labute approximate surface area is 139 Å². The van der Waals surface area contributed by atoms with Gasteiger partial charge < -0.3 is 5.32 Å². The zero-order chi connectivity index (χ0) is 17.3. The number of nitrogens with two attached hydrogens (primary N) is 1. The van der Waals surface area contributed by atoms with Crippen molar-refractivity contribution in [2.24, 2.45) is 5.14 Å². The highest BCUT2D eigenvalue weighted by Gasteiger charge is 2.14. The lowest BCUT2D eigenvalue weighted by Gasteiger charge is -2.15. The Morgan fingerprint density at radius 2 is 1.61 bits per heavy atom. The van der Waals surface area contributed by atoms with Crippen molar-refractivity contribution in [3.63, 3.8) is 0 Å². The third-order valence-corrected chi connectivity index (χ3v) is 4.59. The van der Waals surface area contributed by atoms with Crippen molar-refractivity contribution in [3.05, 3.63) is 47.5 Å². The number of rotatable bonds is 5. The number of anilines is 3. The Morgan fingerprint density at radius 3 is 2.17 bits per heavy atom. The molecule has 23 heavy (non-hydrogen) atoms. The van der Waals surface area contributed by atoms with Gasteiger partial charge in [0.1, 0.15) is 0 Å². The standard InChI is InChI=1S/C13H14ClN3O4S2/c1-22(18,19)17-12-7-6-9(23(15,20)21)8-13(12)16-11-5-3-2-4-10(11)14/h2-8,16-17H,1H3,(H2,15,20,21). The fourth-order valence-electron chi connectivity index (χ4n) is 1.80. The van der Waals surface area contributed by atoms with Gasteiger partial charge in [-0.3, -0.25) is 4.72 Å². The zero-order valence-corrected chi connectivity index (χ0v) is 14.3. The van der Waals surface area contributed by atoms with Crippen molar-refractivity contribution < 1.29 is 16.8 Å². The number of nitrogens with one attached hydrogen (secondary N) is 2. The highest BCUT2D eigenvalue weighted by Crippen LogP contribution is 2.31. The van der Waals surface area contributed by atoms with Gasteiger partial charge in [-0.25, -0.2) is 22.0 Å². The molecule has 10 heteroatoms. The van der Waals surface area contributed by atoms with Crippen LogP contribution in [0.4, 0.5) is 17.1 Å². The van der Waals surface area contributed by atoms with Crippen LogP contribution in [0.2, 0.25) is 5.02 Å². The van der Waals surface area contributed by atoms with Crippen LogP contribution in [0, 0.1) is 0 Å². The van der Waals surface area contributed by atoms with E-state index in [4.69, 9.17) is 16.7 Å². The molecule has 0 spiro atoms. The van der Waals surface area contributed by atoms with Crippen LogP contribution >= 0.6 is 11.6 Å². The van der Waals surface area contributed by atoms with E-state index >= 15 is 0 Å². The molecule has 0 amide bonds. The van der Waals surface area contributed by atoms with Crippen LogP contribution in [0.1, 0.15) is 0 Å². The monoisotopic (exact) mass is 375 g/mol. The average Bonchev–Trinajstić information content (AvgIpc) is 2.40. The van der Waals surface area contributed by atoms with E-state index in [0.717, 1.165) is 6.26 Å². The van der Waals surface area contributed by atoms with Crippen molar-refractivity contribution in [2.75, 3.05) is 16.3 Å². The lowest BCUT2D eigenvalue weighted by Crippen LogP contribution is -2.14. The first-order valence-corrected chi connectivity index (χ1v) is 10.0. The van der Waals surface area contributed by atoms with E-state index in [1.54, 1.807) is 24.3 Å². The molecule has 2 rings (SSSR count). The summed E-state index contributed by atoms with van der Waals surface area (Å²) in [5.41, 5.74) is 0.854. The van der Waals surface area contributed by atoms with Crippen molar-refractivity contribution in [1.29, 1.82) is 0 Å². The summed E-state index contributed by atoms with van der Waals surface area (Å²) in [6.45, 7) is 0. The van der Waals surface area contributed by atoms with Gasteiger partial charge in [-0.05, 0) is 30.3 Å². The van der Waals surface area contributed by atoms with Crippen LogP contribution in [0.15, 0.2) is 47.4 Å². The first-order chi connectivity index (χ1) is 10.6. The molecule has 0 radical (unpaired) electrons. The maximum atomic E-state index is 11.5. The molecule has 2 aromatic carbocycles. The van der Waals surface area contributed by atoms with Gasteiger partial charge in [0.25, 0.3) is 0 Å². The van der Waals surface area contributed by atoms with E-state index in [0.29, 0.717) is 10.7 Å². The van der Waals surface area contributed by atoms with Crippen LogP contribution in [-0.2, 0) is 20.0 Å². The molecule has 124 valence electrons. The van der Waals surface area contributed by atoms with E-state index in [9.17, 15) is 16.8 Å². The molecule has 0 fully saturated rings. The molecule has 0 aliphatic rings. The second kappa shape index (κ2) is 6.36. The topological polar surface area (TPSA) is 118 Å². The third kappa shape index (κ3) is 4.83. The molecule has 0 aromatic heterocycles. The van der Waals surface area contributed by atoms with Crippen molar-refractivity contribution >= 4 is 48.7 Å². The number of benzene rings is 2. The third-order valence-electron chi connectivity index (χ3n) is 2.76. The smallest absolute Gasteiger partial charge is 0.238 e. The van der Waals surface area contributed by atoms with E-state index in [1.807, 2.05) is 0 Å². The molecule has 7 nitrogen and oxygen atoms in total. The number of para-hydroxylation sites is 1. The van der Waals surface area contributed by atoms with Gasteiger partial charge >= 0.3 is 0 Å². The second-order valence-corrected chi connectivity index (χ2v) is 8.45. The van der Waals surface area contributed by atoms with E-state index in [2.05, 4.69) is 10.0 Å². The Balaban J connectivity index is 2.54. The number of primary sulfonamides is 1. The highest BCUT2D eigenvalue weighted by atomic mass is 35.5. The molecular formula is C13H14ClN3O4S2. The maximum Gasteiger partial charge on any atom is 0.238 e. The van der Waals surface area contributed by atoms with E-state index in [-0.39, 0.29) is 16.3 Å². The summed E-state index contributed by atoms with van der Waals surface area (Å²) < 4.78 is 48.2. The molecule has 0 heterocycles. The van der Waals surface area contributed by atoms with Gasteiger partial charge in [-0.2, -0.15) is 0 Å².